The fourth-order valence-electron chi connectivity index (χ4n) is 1.91. The molecule has 0 aromatic carbocycles. The van der Waals surface area contributed by atoms with Crippen molar-refractivity contribution in [1.29, 1.82) is 0 Å². The summed E-state index contributed by atoms with van der Waals surface area (Å²) in [5, 5.41) is 10.1. The van der Waals surface area contributed by atoms with Crippen LogP contribution in [0.5, 0.6) is 0 Å². The summed E-state index contributed by atoms with van der Waals surface area (Å²) < 4.78 is 28.1. The average Bonchev–Trinajstić information content (AvgIpc) is 2.67. The quantitative estimate of drug-likeness (QED) is 0.828. The highest BCUT2D eigenvalue weighted by Gasteiger charge is 2.32. The molecule has 0 amide bonds. The molecule has 6 nitrogen and oxygen atoms in total. The number of imidazole rings is 1. The zero-order valence-corrected chi connectivity index (χ0v) is 14.0. The van der Waals surface area contributed by atoms with Gasteiger partial charge in [-0.05, 0) is 17.5 Å². The van der Waals surface area contributed by atoms with Crippen molar-refractivity contribution in [2.75, 3.05) is 6.54 Å². The van der Waals surface area contributed by atoms with Crippen LogP contribution in [0.4, 0.5) is 0 Å². The standard InChI is InChI=1S/C12H22ClN3O3S/c1-8(2)10(17)12(3,4)7-14-20(18,19)9-6-16(5)11(13)15-9/h6,8,10,14,17H,7H2,1-5H3. The lowest BCUT2D eigenvalue weighted by Crippen LogP contribution is -2.43. The van der Waals surface area contributed by atoms with E-state index in [0.717, 1.165) is 0 Å². The van der Waals surface area contributed by atoms with E-state index in [1.807, 2.05) is 27.7 Å². The van der Waals surface area contributed by atoms with Crippen LogP contribution in [0.2, 0.25) is 5.28 Å². The summed E-state index contributed by atoms with van der Waals surface area (Å²) in [5.74, 6) is 0.0406. The Hall–Kier alpha value is -0.630. The fourth-order valence-corrected chi connectivity index (χ4v) is 3.31. The third-order valence-corrected chi connectivity index (χ3v) is 4.85. The molecule has 0 aliphatic carbocycles. The minimum Gasteiger partial charge on any atom is -0.392 e. The largest absolute Gasteiger partial charge is 0.392 e. The SMILES string of the molecule is CC(C)C(O)C(C)(C)CNS(=O)(=O)c1cn(C)c(Cl)n1. The summed E-state index contributed by atoms with van der Waals surface area (Å²) in [5.41, 5.74) is -0.584. The van der Waals surface area contributed by atoms with Gasteiger partial charge in [-0.1, -0.05) is 27.7 Å². The van der Waals surface area contributed by atoms with E-state index in [-0.39, 0.29) is 22.8 Å². The van der Waals surface area contributed by atoms with Crippen LogP contribution >= 0.6 is 11.6 Å². The third-order valence-electron chi connectivity index (χ3n) is 3.22. The molecular formula is C12H22ClN3O3S. The van der Waals surface area contributed by atoms with Gasteiger partial charge in [-0.15, -0.1) is 0 Å². The van der Waals surface area contributed by atoms with Crippen LogP contribution in [0.1, 0.15) is 27.7 Å². The summed E-state index contributed by atoms with van der Waals surface area (Å²) in [6.07, 6.45) is 0.730. The first-order valence-corrected chi connectivity index (χ1v) is 8.20. The van der Waals surface area contributed by atoms with Crippen LogP contribution in [-0.4, -0.2) is 35.7 Å². The Morgan fingerprint density at radius 2 is 2.05 bits per heavy atom. The monoisotopic (exact) mass is 323 g/mol. The van der Waals surface area contributed by atoms with E-state index in [1.54, 1.807) is 7.05 Å². The van der Waals surface area contributed by atoms with Gasteiger partial charge < -0.3 is 9.67 Å². The zero-order chi connectivity index (χ0) is 15.7. The molecule has 1 aromatic heterocycles. The topological polar surface area (TPSA) is 84.2 Å². The summed E-state index contributed by atoms with van der Waals surface area (Å²) in [6, 6.07) is 0. The molecule has 0 radical (unpaired) electrons. The molecule has 8 heteroatoms. The van der Waals surface area contributed by atoms with Crippen LogP contribution in [0, 0.1) is 11.3 Å². The van der Waals surface area contributed by atoms with Crippen molar-refractivity contribution >= 4 is 21.6 Å². The van der Waals surface area contributed by atoms with Crippen molar-refractivity contribution in [3.63, 3.8) is 0 Å². The molecule has 0 spiro atoms. The molecule has 2 N–H and O–H groups in total. The highest BCUT2D eigenvalue weighted by atomic mass is 35.5. The average molecular weight is 324 g/mol. The van der Waals surface area contributed by atoms with E-state index in [0.29, 0.717) is 0 Å². The predicted octanol–water partition coefficient (Wildman–Crippen LogP) is 1.39. The molecule has 1 aromatic rings. The number of aromatic nitrogens is 2. The van der Waals surface area contributed by atoms with Crippen molar-refractivity contribution in [3.05, 3.63) is 11.5 Å². The first kappa shape index (κ1) is 17.4. The van der Waals surface area contributed by atoms with Crippen molar-refractivity contribution < 1.29 is 13.5 Å². The maximum Gasteiger partial charge on any atom is 0.259 e. The lowest BCUT2D eigenvalue weighted by Gasteiger charge is -2.33. The smallest absolute Gasteiger partial charge is 0.259 e. The van der Waals surface area contributed by atoms with E-state index in [9.17, 15) is 13.5 Å². The van der Waals surface area contributed by atoms with E-state index >= 15 is 0 Å². The summed E-state index contributed by atoms with van der Waals surface area (Å²) in [4.78, 5) is 3.78. The molecule has 0 bridgehead atoms. The third kappa shape index (κ3) is 3.94. The highest BCUT2D eigenvalue weighted by molar-refractivity contribution is 7.89. The van der Waals surface area contributed by atoms with Gasteiger partial charge in [0.25, 0.3) is 10.0 Å². The van der Waals surface area contributed by atoms with Crippen molar-refractivity contribution in [2.45, 2.75) is 38.8 Å². The predicted molar refractivity (Wildman–Crippen MR) is 78.0 cm³/mol. The molecule has 1 atom stereocenters. The molecule has 116 valence electrons. The second-order valence-electron chi connectivity index (χ2n) is 5.96. The normalized spacial score (nSPS) is 14.8. The van der Waals surface area contributed by atoms with Crippen molar-refractivity contribution in [2.24, 2.45) is 18.4 Å². The number of nitrogens with zero attached hydrogens (tertiary/aromatic N) is 2. The van der Waals surface area contributed by atoms with Gasteiger partial charge in [0.1, 0.15) is 0 Å². The molecule has 0 fully saturated rings. The van der Waals surface area contributed by atoms with E-state index in [2.05, 4.69) is 9.71 Å². The highest BCUT2D eigenvalue weighted by Crippen LogP contribution is 2.25. The van der Waals surface area contributed by atoms with Crippen LogP contribution < -0.4 is 4.72 Å². The van der Waals surface area contributed by atoms with E-state index < -0.39 is 21.5 Å². The first-order valence-electron chi connectivity index (χ1n) is 6.34. The lowest BCUT2D eigenvalue weighted by atomic mass is 9.81. The number of aliphatic hydroxyl groups excluding tert-OH is 1. The van der Waals surface area contributed by atoms with Gasteiger partial charge in [-0.2, -0.15) is 0 Å². The Bertz CT molecular complexity index is 547. The summed E-state index contributed by atoms with van der Waals surface area (Å²) in [6.45, 7) is 7.51. The van der Waals surface area contributed by atoms with Crippen molar-refractivity contribution in [3.8, 4) is 0 Å². The number of hydrogen-bond acceptors (Lipinski definition) is 4. The number of aryl methyl sites for hydroxylation is 1. The molecule has 1 heterocycles. The summed E-state index contributed by atoms with van der Waals surface area (Å²) in [7, 11) is -2.12. The van der Waals surface area contributed by atoms with Crippen LogP contribution in [0.15, 0.2) is 11.2 Å². The van der Waals surface area contributed by atoms with Gasteiger partial charge in [0, 0.05) is 25.2 Å². The Labute approximate surface area is 125 Å². The maximum absolute atomic E-state index is 12.1. The van der Waals surface area contributed by atoms with Crippen LogP contribution in [0.3, 0.4) is 0 Å². The number of aliphatic hydroxyl groups is 1. The minimum absolute atomic E-state index is 0.0406. The molecule has 0 saturated heterocycles. The molecular weight excluding hydrogens is 302 g/mol. The Morgan fingerprint density at radius 1 is 1.50 bits per heavy atom. The van der Waals surface area contributed by atoms with Crippen LogP contribution in [0.25, 0.3) is 0 Å². The Kier molecular flexibility index (Phi) is 5.23. The van der Waals surface area contributed by atoms with Crippen LogP contribution in [-0.2, 0) is 17.1 Å². The number of halogens is 1. The number of nitrogens with one attached hydrogen (secondary N) is 1. The van der Waals surface area contributed by atoms with Gasteiger partial charge in [0.05, 0.1) is 6.10 Å². The molecule has 1 rings (SSSR count). The number of sulfonamides is 1. The van der Waals surface area contributed by atoms with E-state index in [4.69, 9.17) is 11.6 Å². The van der Waals surface area contributed by atoms with Gasteiger partial charge in [-0.3, -0.25) is 0 Å². The van der Waals surface area contributed by atoms with Gasteiger partial charge >= 0.3 is 0 Å². The Balaban J connectivity index is 2.83. The van der Waals surface area contributed by atoms with E-state index in [1.165, 1.54) is 10.8 Å². The lowest BCUT2D eigenvalue weighted by molar-refractivity contribution is 0.0166. The second-order valence-corrected chi connectivity index (χ2v) is 8.01. The summed E-state index contributed by atoms with van der Waals surface area (Å²) >= 11 is 5.74. The van der Waals surface area contributed by atoms with Gasteiger partial charge in [-0.25, -0.2) is 18.1 Å². The van der Waals surface area contributed by atoms with Gasteiger partial charge in [0.2, 0.25) is 5.28 Å². The molecule has 0 aliphatic heterocycles. The minimum atomic E-state index is -3.73. The number of rotatable bonds is 6. The molecule has 20 heavy (non-hydrogen) atoms. The molecule has 0 saturated carbocycles. The molecule has 1 unspecified atom stereocenters. The van der Waals surface area contributed by atoms with Gasteiger partial charge in [0.15, 0.2) is 5.03 Å². The second kappa shape index (κ2) is 6.01. The molecule has 0 aliphatic rings. The Morgan fingerprint density at radius 3 is 2.45 bits per heavy atom. The zero-order valence-electron chi connectivity index (χ0n) is 12.4. The fraction of sp³-hybridized carbons (Fsp3) is 0.750. The van der Waals surface area contributed by atoms with Crippen molar-refractivity contribution in [1.82, 2.24) is 14.3 Å². The maximum atomic E-state index is 12.1. The first-order chi connectivity index (χ1) is 8.97. The number of hydrogen-bond donors (Lipinski definition) is 2.